The fourth-order valence-corrected chi connectivity index (χ4v) is 5.43. The number of likely N-dealkylation sites (tertiary alicyclic amines) is 1. The maximum Gasteiger partial charge on any atom is 0.250 e. The zero-order valence-electron chi connectivity index (χ0n) is 14.8. The molecule has 1 saturated heterocycles. The highest BCUT2D eigenvalue weighted by Crippen LogP contribution is 2.21. The molecule has 26 heavy (non-hydrogen) atoms. The molecule has 3 rings (SSSR count). The monoisotopic (exact) mass is 397 g/mol. The van der Waals surface area contributed by atoms with Crippen molar-refractivity contribution in [1.29, 1.82) is 0 Å². The second-order valence-corrected chi connectivity index (χ2v) is 9.21. The van der Waals surface area contributed by atoms with Crippen molar-refractivity contribution in [1.82, 2.24) is 24.7 Å². The van der Waals surface area contributed by atoms with Gasteiger partial charge in [-0.3, -0.25) is 9.48 Å². The average molecular weight is 398 g/mol. The number of thiophene rings is 1. The number of sulfonamides is 1. The fraction of sp³-hybridized carbons (Fsp3) is 0.500. The van der Waals surface area contributed by atoms with Crippen LogP contribution in [0, 0.1) is 0 Å². The summed E-state index contributed by atoms with van der Waals surface area (Å²) >= 11 is 1.20. The van der Waals surface area contributed by atoms with Gasteiger partial charge in [0.05, 0.1) is 6.20 Å². The van der Waals surface area contributed by atoms with Crippen LogP contribution in [0.1, 0.15) is 24.4 Å². The highest BCUT2D eigenvalue weighted by atomic mass is 32.2. The van der Waals surface area contributed by atoms with Crippen molar-refractivity contribution < 1.29 is 13.2 Å². The topological polar surface area (TPSA) is 96.3 Å². The number of carbonyl (C=O) groups is 1. The zero-order chi connectivity index (χ0) is 18.7. The van der Waals surface area contributed by atoms with Crippen molar-refractivity contribution in [3.05, 3.63) is 35.5 Å². The van der Waals surface area contributed by atoms with Crippen LogP contribution in [0.3, 0.4) is 0 Å². The Kier molecular flexibility index (Phi) is 5.76. The molecular formula is C16H23N5O3S2. The van der Waals surface area contributed by atoms with Crippen LogP contribution in [-0.2, 0) is 21.9 Å². The number of likely N-dealkylation sites (N-methyl/N-ethyl adjacent to an activating group) is 1. The van der Waals surface area contributed by atoms with Crippen LogP contribution in [0.5, 0.6) is 0 Å². The van der Waals surface area contributed by atoms with E-state index in [4.69, 9.17) is 0 Å². The van der Waals surface area contributed by atoms with Gasteiger partial charge in [0.2, 0.25) is 15.9 Å². The number of nitrogens with one attached hydrogen (secondary N) is 2. The lowest BCUT2D eigenvalue weighted by molar-refractivity contribution is -0.134. The SMILES string of the molecule is CNC(C(=O)N1CCC(NS(=O)(=O)c2cccs2)CC1)c1cnn(C)c1. The van der Waals surface area contributed by atoms with Crippen LogP contribution in [0.2, 0.25) is 0 Å². The minimum atomic E-state index is -3.47. The third-order valence-corrected chi connectivity index (χ3v) is 7.40. The maximum absolute atomic E-state index is 12.8. The van der Waals surface area contributed by atoms with Gasteiger partial charge in [-0.15, -0.1) is 11.3 Å². The van der Waals surface area contributed by atoms with Crippen LogP contribution in [0.15, 0.2) is 34.1 Å². The first kappa shape index (κ1) is 19.0. The Balaban J connectivity index is 1.58. The van der Waals surface area contributed by atoms with Crippen molar-refractivity contribution in [2.24, 2.45) is 7.05 Å². The summed E-state index contributed by atoms with van der Waals surface area (Å²) in [6.07, 6.45) is 4.70. The first-order valence-electron chi connectivity index (χ1n) is 8.41. The van der Waals surface area contributed by atoms with Crippen molar-refractivity contribution in [2.75, 3.05) is 20.1 Å². The third-order valence-electron chi connectivity index (χ3n) is 4.48. The van der Waals surface area contributed by atoms with Gasteiger partial charge in [0.25, 0.3) is 0 Å². The zero-order valence-corrected chi connectivity index (χ0v) is 16.4. The molecule has 1 amide bonds. The Labute approximate surface area is 157 Å². The number of carbonyl (C=O) groups excluding carboxylic acids is 1. The lowest BCUT2D eigenvalue weighted by Gasteiger charge is -2.34. The molecule has 2 N–H and O–H groups in total. The summed E-state index contributed by atoms with van der Waals surface area (Å²) in [6, 6.07) is 2.72. The molecule has 1 atom stereocenters. The Morgan fingerprint density at radius 2 is 2.12 bits per heavy atom. The van der Waals surface area contributed by atoms with Gasteiger partial charge in [-0.25, -0.2) is 13.1 Å². The number of amides is 1. The first-order chi connectivity index (χ1) is 12.4. The molecule has 8 nitrogen and oxygen atoms in total. The van der Waals surface area contributed by atoms with Crippen LogP contribution >= 0.6 is 11.3 Å². The van der Waals surface area contributed by atoms with Crippen molar-refractivity contribution >= 4 is 27.3 Å². The van der Waals surface area contributed by atoms with E-state index in [1.54, 1.807) is 40.3 Å². The van der Waals surface area contributed by atoms with E-state index in [2.05, 4.69) is 15.1 Å². The van der Waals surface area contributed by atoms with E-state index in [0.717, 1.165) is 5.56 Å². The van der Waals surface area contributed by atoms with E-state index in [9.17, 15) is 13.2 Å². The summed E-state index contributed by atoms with van der Waals surface area (Å²) in [4.78, 5) is 14.6. The fourth-order valence-electron chi connectivity index (χ4n) is 3.12. The molecule has 1 unspecified atom stereocenters. The summed E-state index contributed by atoms with van der Waals surface area (Å²) in [6.45, 7) is 1.05. The van der Waals surface area contributed by atoms with E-state index in [-0.39, 0.29) is 11.9 Å². The molecule has 1 aliphatic heterocycles. The van der Waals surface area contributed by atoms with E-state index in [1.165, 1.54) is 11.3 Å². The predicted molar refractivity (Wildman–Crippen MR) is 99.3 cm³/mol. The summed E-state index contributed by atoms with van der Waals surface area (Å²) < 4.78 is 29.4. The van der Waals surface area contributed by atoms with E-state index < -0.39 is 16.1 Å². The number of hydrogen-bond acceptors (Lipinski definition) is 6. The summed E-state index contributed by atoms with van der Waals surface area (Å²) in [5.41, 5.74) is 0.820. The van der Waals surface area contributed by atoms with Gasteiger partial charge in [0.1, 0.15) is 10.3 Å². The number of aryl methyl sites for hydroxylation is 1. The van der Waals surface area contributed by atoms with Crippen LogP contribution < -0.4 is 10.0 Å². The Morgan fingerprint density at radius 3 is 2.65 bits per heavy atom. The standard InChI is InChI=1S/C16H23N5O3S2/c1-17-15(12-10-18-20(2)11-12)16(22)21-7-5-13(6-8-21)19-26(23,24)14-4-3-9-25-14/h3-4,9-11,13,15,17,19H,5-8H2,1-2H3. The highest BCUT2D eigenvalue weighted by Gasteiger charge is 2.31. The molecule has 1 aliphatic rings. The third kappa shape index (κ3) is 4.14. The first-order valence-corrected chi connectivity index (χ1v) is 10.8. The summed E-state index contributed by atoms with van der Waals surface area (Å²) in [5.74, 6) is -0.0138. The molecule has 10 heteroatoms. The molecule has 0 saturated carbocycles. The quantitative estimate of drug-likeness (QED) is 0.748. The van der Waals surface area contributed by atoms with Gasteiger partial charge < -0.3 is 10.2 Å². The number of aromatic nitrogens is 2. The van der Waals surface area contributed by atoms with Gasteiger partial charge >= 0.3 is 0 Å². The summed E-state index contributed by atoms with van der Waals surface area (Å²) in [5, 5.41) is 8.90. The molecule has 2 aromatic heterocycles. The molecule has 0 aromatic carbocycles. The second-order valence-electron chi connectivity index (χ2n) is 6.32. The molecule has 0 spiro atoms. The van der Waals surface area contributed by atoms with Crippen LogP contribution in [-0.4, -0.2) is 55.2 Å². The lowest BCUT2D eigenvalue weighted by atomic mass is 10.0. The molecule has 3 heterocycles. The van der Waals surface area contributed by atoms with Crippen LogP contribution in [0.4, 0.5) is 0 Å². The molecule has 2 aromatic rings. The molecule has 1 fully saturated rings. The smallest absolute Gasteiger partial charge is 0.250 e. The number of nitrogens with zero attached hydrogens (tertiary/aromatic N) is 3. The van der Waals surface area contributed by atoms with Gasteiger partial charge in [0.15, 0.2) is 0 Å². The van der Waals surface area contributed by atoms with Crippen molar-refractivity contribution in [3.8, 4) is 0 Å². The minimum absolute atomic E-state index is 0.0138. The predicted octanol–water partition coefficient (Wildman–Crippen LogP) is 0.712. The Bertz CT molecular complexity index is 839. The molecule has 0 aliphatic carbocycles. The summed E-state index contributed by atoms with van der Waals surface area (Å²) in [7, 11) is 0.0851. The average Bonchev–Trinajstić information content (AvgIpc) is 3.28. The Morgan fingerprint density at radius 1 is 1.38 bits per heavy atom. The van der Waals surface area contributed by atoms with E-state index >= 15 is 0 Å². The Hall–Kier alpha value is -1.75. The lowest BCUT2D eigenvalue weighted by Crippen LogP contribution is -2.49. The van der Waals surface area contributed by atoms with Gasteiger partial charge in [-0.05, 0) is 31.3 Å². The molecule has 0 bridgehead atoms. The largest absolute Gasteiger partial charge is 0.341 e. The minimum Gasteiger partial charge on any atom is -0.341 e. The number of rotatable bonds is 6. The molecule has 0 radical (unpaired) electrons. The van der Waals surface area contributed by atoms with Gasteiger partial charge in [0, 0.05) is 37.9 Å². The van der Waals surface area contributed by atoms with E-state index in [1.807, 2.05) is 13.2 Å². The van der Waals surface area contributed by atoms with Crippen molar-refractivity contribution in [3.63, 3.8) is 0 Å². The molecular weight excluding hydrogens is 374 g/mol. The van der Waals surface area contributed by atoms with Crippen molar-refractivity contribution in [2.45, 2.75) is 29.1 Å². The number of piperidine rings is 1. The normalized spacial score (nSPS) is 17.4. The van der Waals surface area contributed by atoms with E-state index in [0.29, 0.717) is 30.1 Å². The molecule has 142 valence electrons. The van der Waals surface area contributed by atoms with Gasteiger partial charge in [-0.2, -0.15) is 5.10 Å². The van der Waals surface area contributed by atoms with Crippen LogP contribution in [0.25, 0.3) is 0 Å². The maximum atomic E-state index is 12.8. The second kappa shape index (κ2) is 7.87. The van der Waals surface area contributed by atoms with Gasteiger partial charge in [-0.1, -0.05) is 6.07 Å². The number of hydrogen-bond donors (Lipinski definition) is 2. The highest BCUT2D eigenvalue weighted by molar-refractivity contribution is 7.91.